The Morgan fingerprint density at radius 2 is 1.70 bits per heavy atom. The van der Waals surface area contributed by atoms with Crippen LogP contribution in [-0.4, -0.2) is 18.4 Å². The number of ether oxygens (including phenoxy) is 1. The van der Waals surface area contributed by atoms with Gasteiger partial charge in [-0.15, -0.1) is 0 Å². The number of benzene rings is 1. The molecule has 4 fully saturated rings. The van der Waals surface area contributed by atoms with Gasteiger partial charge in [-0.2, -0.15) is 0 Å². The molecule has 0 unspecified atom stereocenters. The molecule has 1 aromatic carbocycles. The minimum atomic E-state index is -0.231. The zero-order chi connectivity index (χ0) is 19.0. The van der Waals surface area contributed by atoms with Gasteiger partial charge >= 0.3 is 5.97 Å². The molecule has 27 heavy (non-hydrogen) atoms. The molecule has 146 valence electrons. The Balaban J connectivity index is 1.22. The average molecular weight is 370 g/mol. The third-order valence-corrected chi connectivity index (χ3v) is 6.92. The highest BCUT2D eigenvalue weighted by Crippen LogP contribution is 2.60. The van der Waals surface area contributed by atoms with Gasteiger partial charge < -0.3 is 10.1 Å². The molecule has 1 aromatic rings. The van der Waals surface area contributed by atoms with Gasteiger partial charge in [0.15, 0.2) is 0 Å². The topological polar surface area (TPSA) is 55.4 Å². The van der Waals surface area contributed by atoms with E-state index in [4.69, 9.17) is 4.74 Å². The molecule has 0 heterocycles. The second-order valence-corrected chi connectivity index (χ2v) is 9.30. The van der Waals surface area contributed by atoms with Crippen molar-refractivity contribution in [3.8, 4) is 5.75 Å². The lowest BCUT2D eigenvalue weighted by atomic mass is 9.49. The van der Waals surface area contributed by atoms with Crippen LogP contribution in [0.4, 0.5) is 0 Å². The maximum atomic E-state index is 12.9. The van der Waals surface area contributed by atoms with Crippen molar-refractivity contribution in [2.24, 2.45) is 23.2 Å². The highest BCUT2D eigenvalue weighted by Gasteiger charge is 2.54. The van der Waals surface area contributed by atoms with E-state index in [0.717, 1.165) is 48.1 Å². The molecule has 4 aliphatic rings. The predicted octanol–water partition coefficient (Wildman–Crippen LogP) is 4.32. The predicted molar refractivity (Wildman–Crippen MR) is 104 cm³/mol. The van der Waals surface area contributed by atoms with Gasteiger partial charge in [0, 0.05) is 18.4 Å². The van der Waals surface area contributed by atoms with E-state index >= 15 is 0 Å². The number of esters is 1. The number of hydrogen-bond acceptors (Lipinski definition) is 3. The first kappa shape index (κ1) is 18.5. The Bertz CT molecular complexity index is 704. The van der Waals surface area contributed by atoms with Crippen molar-refractivity contribution < 1.29 is 14.3 Å². The number of carbonyl (C=O) groups is 2. The number of aryl methyl sites for hydroxylation is 2. The molecule has 0 atom stereocenters. The zero-order valence-electron chi connectivity index (χ0n) is 16.6. The molecule has 0 saturated heterocycles. The van der Waals surface area contributed by atoms with E-state index in [-0.39, 0.29) is 17.3 Å². The lowest BCUT2D eigenvalue weighted by molar-refractivity contribution is -0.146. The van der Waals surface area contributed by atoms with Crippen molar-refractivity contribution in [3.05, 3.63) is 29.3 Å². The lowest BCUT2D eigenvalue weighted by Gasteiger charge is -2.55. The van der Waals surface area contributed by atoms with Crippen molar-refractivity contribution >= 4 is 11.9 Å². The Morgan fingerprint density at radius 3 is 2.30 bits per heavy atom. The van der Waals surface area contributed by atoms with Crippen LogP contribution in [-0.2, 0) is 9.59 Å². The van der Waals surface area contributed by atoms with Crippen molar-refractivity contribution in [1.29, 1.82) is 0 Å². The van der Waals surface area contributed by atoms with Crippen LogP contribution in [0, 0.1) is 37.0 Å². The summed E-state index contributed by atoms with van der Waals surface area (Å²) in [6.45, 7) is 4.52. The summed E-state index contributed by atoms with van der Waals surface area (Å²) in [5.74, 6) is 2.96. The Labute approximate surface area is 162 Å². The second kappa shape index (κ2) is 7.29. The van der Waals surface area contributed by atoms with Crippen LogP contribution in [0.15, 0.2) is 18.2 Å². The van der Waals surface area contributed by atoms with E-state index in [0.29, 0.717) is 25.1 Å². The quantitative estimate of drug-likeness (QED) is 0.461. The summed E-state index contributed by atoms with van der Waals surface area (Å²) in [5, 5.41) is 3.13. The maximum absolute atomic E-state index is 12.9. The zero-order valence-corrected chi connectivity index (χ0v) is 16.6. The first-order valence-corrected chi connectivity index (χ1v) is 10.5. The summed E-state index contributed by atoms with van der Waals surface area (Å²) in [6, 6.07) is 5.80. The van der Waals surface area contributed by atoms with Crippen LogP contribution in [0.3, 0.4) is 0 Å². The monoisotopic (exact) mass is 369 g/mol. The largest absolute Gasteiger partial charge is 0.426 e. The van der Waals surface area contributed by atoms with Crippen molar-refractivity contribution in [2.45, 2.75) is 65.2 Å². The molecule has 5 rings (SSSR count). The van der Waals surface area contributed by atoms with E-state index < -0.39 is 0 Å². The van der Waals surface area contributed by atoms with Crippen molar-refractivity contribution in [2.75, 3.05) is 6.54 Å². The number of amides is 1. The molecule has 0 spiro atoms. The van der Waals surface area contributed by atoms with Gasteiger partial charge in [0.05, 0.1) is 0 Å². The molecule has 4 aliphatic carbocycles. The Kier molecular flexibility index (Phi) is 5.00. The van der Waals surface area contributed by atoms with Crippen LogP contribution in [0.1, 0.15) is 62.5 Å². The Hall–Kier alpha value is -1.84. The normalized spacial score (nSPS) is 31.0. The van der Waals surface area contributed by atoms with E-state index in [9.17, 15) is 9.59 Å². The molecule has 1 N–H and O–H groups in total. The number of hydrogen-bond donors (Lipinski definition) is 1. The van der Waals surface area contributed by atoms with Crippen LogP contribution < -0.4 is 10.1 Å². The van der Waals surface area contributed by atoms with Gasteiger partial charge in [-0.3, -0.25) is 9.59 Å². The van der Waals surface area contributed by atoms with Gasteiger partial charge in [0.25, 0.3) is 0 Å². The molecule has 0 aliphatic heterocycles. The summed E-state index contributed by atoms with van der Waals surface area (Å²) in [5.41, 5.74) is 2.02. The minimum absolute atomic E-state index is 0.103. The summed E-state index contributed by atoms with van der Waals surface area (Å²) in [7, 11) is 0. The second-order valence-electron chi connectivity index (χ2n) is 9.30. The third-order valence-electron chi connectivity index (χ3n) is 6.92. The summed E-state index contributed by atoms with van der Waals surface area (Å²) in [4.78, 5) is 25.0. The molecular weight excluding hydrogens is 338 g/mol. The summed E-state index contributed by atoms with van der Waals surface area (Å²) in [6.07, 6.45) is 8.24. The highest BCUT2D eigenvalue weighted by atomic mass is 16.5. The number of rotatable bonds is 6. The smallest absolute Gasteiger partial charge is 0.311 e. The van der Waals surface area contributed by atoms with E-state index in [1.807, 2.05) is 32.0 Å². The van der Waals surface area contributed by atoms with E-state index in [1.54, 1.807) is 0 Å². The van der Waals surface area contributed by atoms with Gasteiger partial charge in [-0.1, -0.05) is 17.7 Å². The summed E-state index contributed by atoms with van der Waals surface area (Å²) >= 11 is 0. The van der Waals surface area contributed by atoms with Gasteiger partial charge in [0.2, 0.25) is 5.91 Å². The Morgan fingerprint density at radius 1 is 1.07 bits per heavy atom. The van der Waals surface area contributed by atoms with Crippen LogP contribution in [0.25, 0.3) is 0 Å². The van der Waals surface area contributed by atoms with Gasteiger partial charge in [0.1, 0.15) is 5.75 Å². The first-order chi connectivity index (χ1) is 12.9. The first-order valence-electron chi connectivity index (χ1n) is 10.5. The molecule has 4 bridgehead atoms. The van der Waals surface area contributed by atoms with Gasteiger partial charge in [-0.05, 0) is 88.2 Å². The molecule has 4 saturated carbocycles. The summed E-state index contributed by atoms with van der Waals surface area (Å²) < 4.78 is 5.46. The minimum Gasteiger partial charge on any atom is -0.426 e. The lowest BCUT2D eigenvalue weighted by Crippen LogP contribution is -2.53. The number of nitrogens with one attached hydrogen (secondary N) is 1. The van der Waals surface area contributed by atoms with Crippen LogP contribution >= 0.6 is 0 Å². The molecule has 4 heteroatoms. The standard InChI is InChI=1S/C23H31NO3/c1-15-5-6-20(16(2)8-15)27-21(25)4-3-7-24-22(26)23-12-17-9-18(13-23)11-19(10-17)14-23/h5-6,8,17-19H,3-4,7,9-14H2,1-2H3,(H,24,26). The fourth-order valence-corrected chi connectivity index (χ4v) is 6.10. The molecule has 0 aromatic heterocycles. The fraction of sp³-hybridized carbons (Fsp3) is 0.652. The fourth-order valence-electron chi connectivity index (χ4n) is 6.10. The molecule has 1 amide bonds. The third kappa shape index (κ3) is 3.90. The van der Waals surface area contributed by atoms with E-state index in [1.165, 1.54) is 19.3 Å². The maximum Gasteiger partial charge on any atom is 0.311 e. The highest BCUT2D eigenvalue weighted by molar-refractivity contribution is 5.83. The SMILES string of the molecule is Cc1ccc(OC(=O)CCCNC(=O)C23CC4CC(CC(C4)C2)C3)c(C)c1. The average Bonchev–Trinajstić information content (AvgIpc) is 2.60. The van der Waals surface area contributed by atoms with Crippen LogP contribution in [0.5, 0.6) is 5.75 Å². The van der Waals surface area contributed by atoms with Gasteiger partial charge in [-0.25, -0.2) is 0 Å². The van der Waals surface area contributed by atoms with Crippen LogP contribution in [0.2, 0.25) is 0 Å². The number of carbonyl (C=O) groups excluding carboxylic acids is 2. The molecule has 4 nitrogen and oxygen atoms in total. The molecular formula is C23H31NO3. The van der Waals surface area contributed by atoms with Crippen molar-refractivity contribution in [3.63, 3.8) is 0 Å². The van der Waals surface area contributed by atoms with Crippen molar-refractivity contribution in [1.82, 2.24) is 5.32 Å². The molecule has 0 radical (unpaired) electrons. The van der Waals surface area contributed by atoms with E-state index in [2.05, 4.69) is 5.32 Å².